The van der Waals surface area contributed by atoms with Crippen molar-refractivity contribution in [3.8, 4) is 0 Å². The normalized spacial score (nSPS) is 15.4. The molecule has 0 N–H and O–H groups in total. The number of nitrogens with zero attached hydrogens (tertiary/aromatic N) is 2. The van der Waals surface area contributed by atoms with Crippen LogP contribution in [0.5, 0.6) is 0 Å². The van der Waals surface area contributed by atoms with E-state index in [0.29, 0.717) is 0 Å². The third-order valence-electron chi connectivity index (χ3n) is 1.27. The number of hydrogen-bond donors (Lipinski definition) is 0. The molecule has 0 aliphatic carbocycles. The van der Waals surface area contributed by atoms with Crippen LogP contribution in [0.25, 0.3) is 0 Å². The summed E-state index contributed by atoms with van der Waals surface area (Å²) >= 11 is 0. The number of aliphatic imine (C=N–C) groups is 2. The average Bonchev–Trinajstić information content (AvgIpc) is 2.34. The first-order valence-electron chi connectivity index (χ1n) is 3.36. The van der Waals surface area contributed by atoms with E-state index in [2.05, 4.69) is 16.9 Å². The zero-order valence-electron chi connectivity index (χ0n) is 5.67. The van der Waals surface area contributed by atoms with Crippen molar-refractivity contribution in [1.82, 2.24) is 0 Å². The lowest BCUT2D eigenvalue weighted by molar-refractivity contribution is 0.713. The minimum atomic E-state index is 0.983. The second-order valence-electron chi connectivity index (χ2n) is 2.08. The standard InChI is InChI=1S/C7H11N2/c1-2-3-4-7-8-5-6-9-7/h5-6H,2-4H2,1H3/q+1. The summed E-state index contributed by atoms with van der Waals surface area (Å²) in [6, 6.07) is 0. The van der Waals surface area contributed by atoms with Crippen LogP contribution in [0.3, 0.4) is 0 Å². The maximum Gasteiger partial charge on any atom is 0.240 e. The molecule has 2 nitrogen and oxygen atoms in total. The van der Waals surface area contributed by atoms with Gasteiger partial charge in [-0.2, -0.15) is 0 Å². The van der Waals surface area contributed by atoms with E-state index >= 15 is 0 Å². The van der Waals surface area contributed by atoms with E-state index in [1.54, 1.807) is 12.4 Å². The van der Waals surface area contributed by atoms with Crippen LogP contribution in [-0.2, 0) is 0 Å². The molecule has 0 aromatic rings. The Balaban J connectivity index is 2.13. The maximum absolute atomic E-state index is 4.04. The van der Waals surface area contributed by atoms with E-state index in [-0.39, 0.29) is 0 Å². The van der Waals surface area contributed by atoms with E-state index in [1.807, 2.05) is 0 Å². The minimum absolute atomic E-state index is 0.983. The number of rotatable bonds is 3. The van der Waals surface area contributed by atoms with E-state index < -0.39 is 0 Å². The van der Waals surface area contributed by atoms with Gasteiger partial charge in [0.05, 0.1) is 6.42 Å². The Morgan fingerprint density at radius 1 is 1.33 bits per heavy atom. The predicted molar refractivity (Wildman–Crippen MR) is 39.8 cm³/mol. The van der Waals surface area contributed by atoms with E-state index in [0.717, 1.165) is 12.6 Å². The topological polar surface area (TPSA) is 24.7 Å². The van der Waals surface area contributed by atoms with Gasteiger partial charge in [0.25, 0.3) is 0 Å². The smallest absolute Gasteiger partial charge is 0.0968 e. The Labute approximate surface area is 55.7 Å². The Hall–Kier alpha value is -0.790. The highest BCUT2D eigenvalue weighted by Gasteiger charge is 2.13. The summed E-state index contributed by atoms with van der Waals surface area (Å²) in [6.45, 7) is 2.17. The average molecular weight is 123 g/mol. The molecule has 1 rings (SSSR count). The van der Waals surface area contributed by atoms with Gasteiger partial charge in [-0.1, -0.05) is 23.3 Å². The van der Waals surface area contributed by atoms with Crippen molar-refractivity contribution in [3.05, 3.63) is 6.17 Å². The highest BCUT2D eigenvalue weighted by atomic mass is 15.0. The molecule has 0 unspecified atom stereocenters. The van der Waals surface area contributed by atoms with Crippen molar-refractivity contribution < 1.29 is 0 Å². The molecular formula is C7H11N2+. The third kappa shape index (κ3) is 1.88. The Morgan fingerprint density at radius 3 is 2.56 bits per heavy atom. The molecule has 0 aromatic heterocycles. The number of unbranched alkanes of at least 4 members (excludes halogenated alkanes) is 1. The Kier molecular flexibility index (Phi) is 2.31. The fourth-order valence-corrected chi connectivity index (χ4v) is 0.736. The summed E-state index contributed by atoms with van der Waals surface area (Å²) in [6.07, 6.45) is 7.91. The first-order valence-corrected chi connectivity index (χ1v) is 3.36. The maximum atomic E-state index is 4.04. The molecule has 0 radical (unpaired) electrons. The molecule has 0 aromatic carbocycles. The van der Waals surface area contributed by atoms with Gasteiger partial charge in [-0.3, -0.25) is 0 Å². The molecule has 0 atom stereocenters. The minimum Gasteiger partial charge on any atom is -0.0968 e. The van der Waals surface area contributed by atoms with E-state index in [9.17, 15) is 0 Å². The van der Waals surface area contributed by atoms with Gasteiger partial charge in [-0.25, -0.2) is 0 Å². The molecular weight excluding hydrogens is 112 g/mol. The zero-order chi connectivity index (χ0) is 6.53. The van der Waals surface area contributed by atoms with Crippen LogP contribution < -0.4 is 0 Å². The van der Waals surface area contributed by atoms with Gasteiger partial charge in [-0.15, -0.1) is 0 Å². The summed E-state index contributed by atoms with van der Waals surface area (Å²) < 4.78 is 0. The molecule has 0 spiro atoms. The van der Waals surface area contributed by atoms with Gasteiger partial charge >= 0.3 is 0 Å². The molecule has 0 amide bonds. The lowest BCUT2D eigenvalue weighted by Gasteiger charge is -1.91. The molecule has 48 valence electrons. The van der Waals surface area contributed by atoms with Crippen LogP contribution in [0.2, 0.25) is 0 Å². The molecule has 1 heterocycles. The Bertz CT molecular complexity index is 115. The largest absolute Gasteiger partial charge is 0.240 e. The zero-order valence-corrected chi connectivity index (χ0v) is 5.67. The third-order valence-corrected chi connectivity index (χ3v) is 1.27. The van der Waals surface area contributed by atoms with Crippen LogP contribution in [0.15, 0.2) is 9.98 Å². The van der Waals surface area contributed by atoms with Crippen LogP contribution >= 0.6 is 0 Å². The van der Waals surface area contributed by atoms with E-state index in [4.69, 9.17) is 0 Å². The highest BCUT2D eigenvalue weighted by molar-refractivity contribution is 6.18. The van der Waals surface area contributed by atoms with Gasteiger partial charge in [0.2, 0.25) is 6.17 Å². The van der Waals surface area contributed by atoms with E-state index in [1.165, 1.54) is 12.8 Å². The Morgan fingerprint density at radius 2 is 2.00 bits per heavy atom. The van der Waals surface area contributed by atoms with Crippen LogP contribution in [-0.4, -0.2) is 12.4 Å². The SMILES string of the molecule is CCCC[C+]1N=CC=N1. The fourth-order valence-electron chi connectivity index (χ4n) is 0.736. The molecule has 0 fully saturated rings. The summed E-state index contributed by atoms with van der Waals surface area (Å²) in [5.74, 6) is 0. The van der Waals surface area contributed by atoms with Crippen LogP contribution in [0, 0.1) is 6.17 Å². The van der Waals surface area contributed by atoms with Crippen molar-refractivity contribution in [1.29, 1.82) is 0 Å². The molecule has 9 heavy (non-hydrogen) atoms. The summed E-state index contributed by atoms with van der Waals surface area (Å²) in [5, 5.41) is 0. The van der Waals surface area contributed by atoms with Crippen LogP contribution in [0.4, 0.5) is 0 Å². The quantitative estimate of drug-likeness (QED) is 0.511. The fraction of sp³-hybridized carbons (Fsp3) is 0.571. The molecule has 1 aliphatic heterocycles. The molecule has 0 saturated heterocycles. The van der Waals surface area contributed by atoms with Gasteiger partial charge in [0, 0.05) is 0 Å². The molecule has 0 saturated carbocycles. The summed E-state index contributed by atoms with van der Waals surface area (Å²) in [5.41, 5.74) is 0. The van der Waals surface area contributed by atoms with Crippen molar-refractivity contribution in [3.63, 3.8) is 0 Å². The molecule has 0 bridgehead atoms. The van der Waals surface area contributed by atoms with Gasteiger partial charge in [0.15, 0.2) is 12.4 Å². The highest BCUT2D eigenvalue weighted by Crippen LogP contribution is 2.14. The summed E-state index contributed by atoms with van der Waals surface area (Å²) in [7, 11) is 0. The molecule has 1 aliphatic rings. The predicted octanol–water partition coefficient (Wildman–Crippen LogP) is 1.82. The summed E-state index contributed by atoms with van der Waals surface area (Å²) in [4.78, 5) is 8.09. The van der Waals surface area contributed by atoms with Crippen molar-refractivity contribution in [2.45, 2.75) is 26.2 Å². The van der Waals surface area contributed by atoms with Crippen molar-refractivity contribution in [2.24, 2.45) is 9.98 Å². The lowest BCUT2D eigenvalue weighted by atomic mass is 10.2. The van der Waals surface area contributed by atoms with Gasteiger partial charge < -0.3 is 0 Å². The first-order chi connectivity index (χ1) is 4.43. The molecule has 2 heteroatoms. The van der Waals surface area contributed by atoms with Crippen molar-refractivity contribution in [2.75, 3.05) is 0 Å². The van der Waals surface area contributed by atoms with Crippen molar-refractivity contribution >= 4 is 12.4 Å². The lowest BCUT2D eigenvalue weighted by Crippen LogP contribution is -1.84. The monoisotopic (exact) mass is 123 g/mol. The van der Waals surface area contributed by atoms with Gasteiger partial charge in [-0.05, 0) is 6.42 Å². The second-order valence-corrected chi connectivity index (χ2v) is 2.08. The second kappa shape index (κ2) is 3.28. The number of hydrogen-bond acceptors (Lipinski definition) is 2. The van der Waals surface area contributed by atoms with Crippen LogP contribution in [0.1, 0.15) is 26.2 Å². The van der Waals surface area contributed by atoms with Gasteiger partial charge in [0.1, 0.15) is 0 Å². The first kappa shape index (κ1) is 6.33.